The standard InChI is InChI=1S/C30H42F3N5O4S/c1-43(41,42)37-15-12-27-25(20-37)28(35-38(27)19-24(39)18-36-13-6-7-14-36)22-10-11-26(30(31,32)33)23(16-22)17-34-29(40)21-8-4-2-3-5-9-21/h10-11,16,21,24,39H,2-9,12-15,17-20H2,1H3,(H,34,40). The maximum atomic E-state index is 14.0. The van der Waals surface area contributed by atoms with Crippen LogP contribution in [0.2, 0.25) is 0 Å². The first kappa shape index (κ1) is 31.9. The van der Waals surface area contributed by atoms with Gasteiger partial charge in [-0.1, -0.05) is 31.7 Å². The number of aliphatic hydroxyl groups excluding tert-OH is 1. The van der Waals surface area contributed by atoms with Gasteiger partial charge < -0.3 is 15.3 Å². The molecule has 238 valence electrons. The molecule has 2 aliphatic heterocycles. The summed E-state index contributed by atoms with van der Waals surface area (Å²) in [5, 5.41) is 18.4. The lowest BCUT2D eigenvalue weighted by Crippen LogP contribution is -2.37. The van der Waals surface area contributed by atoms with Crippen molar-refractivity contribution in [3.63, 3.8) is 0 Å². The summed E-state index contributed by atoms with van der Waals surface area (Å²) in [6.07, 6.45) is 3.84. The second kappa shape index (κ2) is 13.3. The Kier molecular flexibility index (Phi) is 9.84. The number of rotatable bonds is 9. The summed E-state index contributed by atoms with van der Waals surface area (Å²) < 4.78 is 70.0. The number of fused-ring (bicyclic) bond motifs is 1. The molecular formula is C30H42F3N5O4S. The van der Waals surface area contributed by atoms with Crippen LogP contribution in [-0.4, -0.2) is 77.0 Å². The molecule has 1 aromatic carbocycles. The molecule has 3 aliphatic rings. The van der Waals surface area contributed by atoms with Crippen molar-refractivity contribution in [3.8, 4) is 11.3 Å². The Morgan fingerprint density at radius 2 is 1.77 bits per heavy atom. The third kappa shape index (κ3) is 7.79. The number of halogens is 3. The van der Waals surface area contributed by atoms with Crippen molar-refractivity contribution in [2.24, 2.45) is 5.92 Å². The molecule has 13 heteroatoms. The summed E-state index contributed by atoms with van der Waals surface area (Å²) in [6.45, 7) is 2.56. The number of hydrogen-bond donors (Lipinski definition) is 2. The zero-order chi connectivity index (χ0) is 30.8. The zero-order valence-electron chi connectivity index (χ0n) is 24.7. The van der Waals surface area contributed by atoms with E-state index in [0.717, 1.165) is 82.5 Å². The number of β-amino-alcohol motifs (C(OH)–C–C–N with tert-alkyl or cyclic N) is 1. The molecule has 1 amide bonds. The molecule has 2 fully saturated rings. The lowest BCUT2D eigenvalue weighted by Gasteiger charge is -2.26. The van der Waals surface area contributed by atoms with Crippen LogP contribution in [0.15, 0.2) is 18.2 Å². The first-order valence-electron chi connectivity index (χ1n) is 15.3. The quantitative estimate of drug-likeness (QED) is 0.409. The van der Waals surface area contributed by atoms with Gasteiger partial charge in [-0.15, -0.1) is 0 Å². The molecule has 1 unspecified atom stereocenters. The summed E-state index contributed by atoms with van der Waals surface area (Å²) in [7, 11) is -3.52. The number of nitrogens with zero attached hydrogens (tertiary/aromatic N) is 4. The van der Waals surface area contributed by atoms with E-state index in [1.165, 1.54) is 16.4 Å². The molecule has 1 saturated heterocycles. The second-order valence-electron chi connectivity index (χ2n) is 12.2. The lowest BCUT2D eigenvalue weighted by molar-refractivity contribution is -0.138. The van der Waals surface area contributed by atoms with E-state index in [2.05, 4.69) is 10.2 Å². The fourth-order valence-corrected chi connectivity index (χ4v) is 7.47. The van der Waals surface area contributed by atoms with Crippen LogP contribution < -0.4 is 5.32 Å². The minimum atomic E-state index is -4.62. The van der Waals surface area contributed by atoms with Crippen LogP contribution in [0.3, 0.4) is 0 Å². The van der Waals surface area contributed by atoms with Crippen molar-refractivity contribution in [1.82, 2.24) is 24.3 Å². The van der Waals surface area contributed by atoms with E-state index >= 15 is 0 Å². The average Bonchev–Trinajstić information content (AvgIpc) is 3.48. The third-order valence-electron chi connectivity index (χ3n) is 8.98. The highest BCUT2D eigenvalue weighted by Gasteiger charge is 2.35. The summed E-state index contributed by atoms with van der Waals surface area (Å²) >= 11 is 0. The minimum absolute atomic E-state index is 0.0422. The van der Waals surface area contributed by atoms with Gasteiger partial charge in [0.05, 0.1) is 30.2 Å². The predicted octanol–water partition coefficient (Wildman–Crippen LogP) is 3.93. The van der Waals surface area contributed by atoms with Crippen molar-refractivity contribution >= 4 is 15.9 Å². The molecule has 43 heavy (non-hydrogen) atoms. The number of aromatic nitrogens is 2. The molecule has 1 saturated carbocycles. The van der Waals surface area contributed by atoms with Crippen LogP contribution in [0.25, 0.3) is 11.3 Å². The van der Waals surface area contributed by atoms with Crippen LogP contribution >= 0.6 is 0 Å². The minimum Gasteiger partial charge on any atom is -0.390 e. The first-order chi connectivity index (χ1) is 20.4. The zero-order valence-corrected chi connectivity index (χ0v) is 25.5. The van der Waals surface area contributed by atoms with Gasteiger partial charge in [-0.2, -0.15) is 22.6 Å². The average molecular weight is 626 g/mol. The van der Waals surface area contributed by atoms with E-state index in [0.29, 0.717) is 29.8 Å². The molecular weight excluding hydrogens is 583 g/mol. The van der Waals surface area contributed by atoms with Gasteiger partial charge in [0.15, 0.2) is 0 Å². The molecule has 0 spiro atoms. The van der Waals surface area contributed by atoms with Crippen LogP contribution in [0.5, 0.6) is 0 Å². The Bertz CT molecular complexity index is 1400. The molecule has 2 N–H and O–H groups in total. The topological polar surface area (TPSA) is 108 Å². The highest BCUT2D eigenvalue weighted by molar-refractivity contribution is 7.88. The van der Waals surface area contributed by atoms with Crippen LogP contribution in [0.4, 0.5) is 13.2 Å². The van der Waals surface area contributed by atoms with Crippen molar-refractivity contribution < 1.29 is 31.5 Å². The summed E-state index contributed by atoms with van der Waals surface area (Å²) in [5.41, 5.74) is 1.30. The van der Waals surface area contributed by atoms with Crippen LogP contribution in [0, 0.1) is 5.92 Å². The second-order valence-corrected chi connectivity index (χ2v) is 14.2. The molecule has 1 aliphatic carbocycles. The van der Waals surface area contributed by atoms with Gasteiger partial charge in [0, 0.05) is 55.3 Å². The van der Waals surface area contributed by atoms with Gasteiger partial charge >= 0.3 is 6.18 Å². The van der Waals surface area contributed by atoms with Gasteiger partial charge in [-0.25, -0.2) is 8.42 Å². The number of likely N-dealkylation sites (tertiary alicyclic amines) is 1. The van der Waals surface area contributed by atoms with Crippen molar-refractivity contribution in [3.05, 3.63) is 40.6 Å². The lowest BCUT2D eigenvalue weighted by atomic mass is 9.96. The summed E-state index contributed by atoms with van der Waals surface area (Å²) in [4.78, 5) is 15.1. The molecule has 0 radical (unpaired) electrons. The third-order valence-corrected chi connectivity index (χ3v) is 10.2. The number of carbonyl (C=O) groups is 1. The van der Waals surface area contributed by atoms with Gasteiger partial charge in [0.1, 0.15) is 0 Å². The van der Waals surface area contributed by atoms with E-state index in [-0.39, 0.29) is 43.6 Å². The number of benzene rings is 1. The maximum Gasteiger partial charge on any atom is 0.416 e. The number of aliphatic hydroxyl groups is 1. The Balaban J connectivity index is 1.46. The molecule has 2 aromatic rings. The Labute approximate surface area is 251 Å². The van der Waals surface area contributed by atoms with E-state index in [4.69, 9.17) is 5.10 Å². The van der Waals surface area contributed by atoms with E-state index in [1.807, 2.05) is 0 Å². The molecule has 1 atom stereocenters. The SMILES string of the molecule is CS(=O)(=O)N1CCc2c(c(-c3ccc(C(F)(F)F)c(CNC(=O)C4CCCCCC4)c3)nn2CC(O)CN2CCCC2)C1. The Hall–Kier alpha value is -2.48. The Morgan fingerprint density at radius 1 is 1.07 bits per heavy atom. The van der Waals surface area contributed by atoms with Gasteiger partial charge in [-0.3, -0.25) is 9.48 Å². The largest absolute Gasteiger partial charge is 0.416 e. The van der Waals surface area contributed by atoms with E-state index in [9.17, 15) is 31.5 Å². The fraction of sp³-hybridized carbons (Fsp3) is 0.667. The number of carbonyl (C=O) groups excluding carboxylic acids is 1. The number of sulfonamides is 1. The molecule has 5 rings (SSSR count). The van der Waals surface area contributed by atoms with Crippen molar-refractivity contribution in [2.75, 3.05) is 32.4 Å². The predicted molar refractivity (Wildman–Crippen MR) is 156 cm³/mol. The summed E-state index contributed by atoms with van der Waals surface area (Å²) in [6, 6.07) is 3.77. The van der Waals surface area contributed by atoms with Gasteiger partial charge in [0.2, 0.25) is 15.9 Å². The first-order valence-corrected chi connectivity index (χ1v) is 17.2. The monoisotopic (exact) mass is 625 g/mol. The number of hydrogen-bond acceptors (Lipinski definition) is 6. The highest BCUT2D eigenvalue weighted by Crippen LogP contribution is 2.37. The molecule has 9 nitrogen and oxygen atoms in total. The normalized spacial score (nSPS) is 20.1. The molecule has 1 aromatic heterocycles. The fourth-order valence-electron chi connectivity index (χ4n) is 6.68. The molecule has 3 heterocycles. The van der Waals surface area contributed by atoms with Crippen molar-refractivity contribution in [1.29, 1.82) is 0 Å². The highest BCUT2D eigenvalue weighted by atomic mass is 32.2. The Morgan fingerprint density at radius 3 is 2.42 bits per heavy atom. The van der Waals surface area contributed by atoms with Crippen molar-refractivity contribution in [2.45, 2.75) is 89.7 Å². The molecule has 0 bridgehead atoms. The number of nitrogens with one attached hydrogen (secondary N) is 1. The van der Waals surface area contributed by atoms with Gasteiger partial charge in [-0.05, 0) is 56.5 Å². The maximum absolute atomic E-state index is 14.0. The van der Waals surface area contributed by atoms with E-state index in [1.54, 1.807) is 4.68 Å². The van der Waals surface area contributed by atoms with Gasteiger partial charge in [0.25, 0.3) is 0 Å². The number of amides is 1. The van der Waals surface area contributed by atoms with E-state index < -0.39 is 27.9 Å². The smallest absolute Gasteiger partial charge is 0.390 e. The van der Waals surface area contributed by atoms with Crippen LogP contribution in [-0.2, 0) is 47.0 Å². The number of alkyl halides is 3. The summed E-state index contributed by atoms with van der Waals surface area (Å²) in [5.74, 6) is -0.422. The van der Waals surface area contributed by atoms with Crippen LogP contribution in [0.1, 0.15) is 73.8 Å².